The highest BCUT2D eigenvalue weighted by atomic mass is 16.5. The first-order valence-corrected chi connectivity index (χ1v) is 5.53. The minimum atomic E-state index is -0.176. The van der Waals surface area contributed by atoms with Gasteiger partial charge in [0.25, 0.3) is 0 Å². The molecule has 0 spiro atoms. The third-order valence-electron chi connectivity index (χ3n) is 2.36. The number of ether oxygens (including phenoxy) is 1. The third kappa shape index (κ3) is 3.39. The summed E-state index contributed by atoms with van der Waals surface area (Å²) in [7, 11) is 0. The van der Waals surface area contributed by atoms with Crippen LogP contribution in [0, 0.1) is 0 Å². The molecule has 1 rings (SSSR count). The predicted molar refractivity (Wildman–Crippen MR) is 61.1 cm³/mol. The zero-order chi connectivity index (χ0) is 11.3. The van der Waals surface area contributed by atoms with E-state index in [0.29, 0.717) is 12.2 Å². The molecule has 0 unspecified atom stereocenters. The van der Waals surface area contributed by atoms with Gasteiger partial charge in [-0.15, -0.1) is 0 Å². The molecule has 2 heteroatoms. The van der Waals surface area contributed by atoms with Crippen LogP contribution in [0.3, 0.4) is 0 Å². The SMILES string of the molecule is CCC(=O)Oc1cc(CC)cc(CC)c1. The number of aryl methyl sites for hydroxylation is 2. The zero-order valence-electron chi connectivity index (χ0n) is 9.67. The highest BCUT2D eigenvalue weighted by Gasteiger charge is 2.04. The van der Waals surface area contributed by atoms with Crippen LogP contribution in [0.5, 0.6) is 5.75 Å². The van der Waals surface area contributed by atoms with Gasteiger partial charge >= 0.3 is 5.97 Å². The lowest BCUT2D eigenvalue weighted by Crippen LogP contribution is -2.06. The Kier molecular flexibility index (Phi) is 4.35. The Hall–Kier alpha value is -1.31. The topological polar surface area (TPSA) is 26.3 Å². The molecule has 15 heavy (non-hydrogen) atoms. The molecule has 0 saturated heterocycles. The Labute approximate surface area is 91.3 Å². The van der Waals surface area contributed by atoms with E-state index in [2.05, 4.69) is 19.9 Å². The Bertz CT molecular complexity index is 320. The molecule has 0 fully saturated rings. The number of rotatable bonds is 4. The molecule has 0 amide bonds. The van der Waals surface area contributed by atoms with E-state index in [9.17, 15) is 4.79 Å². The number of carbonyl (C=O) groups excluding carboxylic acids is 1. The molecular weight excluding hydrogens is 188 g/mol. The number of hydrogen-bond acceptors (Lipinski definition) is 2. The lowest BCUT2D eigenvalue weighted by molar-refractivity contribution is -0.134. The molecule has 0 aliphatic carbocycles. The summed E-state index contributed by atoms with van der Waals surface area (Å²) < 4.78 is 5.21. The van der Waals surface area contributed by atoms with E-state index < -0.39 is 0 Å². The van der Waals surface area contributed by atoms with E-state index in [0.717, 1.165) is 12.8 Å². The van der Waals surface area contributed by atoms with Crippen molar-refractivity contribution in [2.24, 2.45) is 0 Å². The van der Waals surface area contributed by atoms with Crippen LogP contribution in [0.25, 0.3) is 0 Å². The molecule has 0 N–H and O–H groups in total. The Morgan fingerprint density at radius 1 is 1.07 bits per heavy atom. The summed E-state index contributed by atoms with van der Waals surface area (Å²) in [5, 5.41) is 0. The molecule has 2 nitrogen and oxygen atoms in total. The van der Waals surface area contributed by atoms with Crippen molar-refractivity contribution >= 4 is 5.97 Å². The number of esters is 1. The molecule has 0 aliphatic heterocycles. The Balaban J connectivity index is 2.91. The average Bonchev–Trinajstić information content (AvgIpc) is 2.28. The van der Waals surface area contributed by atoms with Crippen molar-refractivity contribution in [2.75, 3.05) is 0 Å². The highest BCUT2D eigenvalue weighted by molar-refractivity contribution is 5.72. The maximum atomic E-state index is 11.2. The Morgan fingerprint density at radius 3 is 2.00 bits per heavy atom. The second kappa shape index (κ2) is 5.54. The van der Waals surface area contributed by atoms with Gasteiger partial charge in [-0.3, -0.25) is 4.79 Å². The molecule has 0 aliphatic rings. The second-order valence-corrected chi connectivity index (χ2v) is 3.52. The summed E-state index contributed by atoms with van der Waals surface area (Å²) in [5.74, 6) is 0.503. The van der Waals surface area contributed by atoms with Crippen molar-refractivity contribution in [3.8, 4) is 5.75 Å². The lowest BCUT2D eigenvalue weighted by Gasteiger charge is -2.07. The van der Waals surface area contributed by atoms with E-state index in [1.807, 2.05) is 12.1 Å². The number of hydrogen-bond donors (Lipinski definition) is 0. The molecule has 0 atom stereocenters. The molecule has 0 radical (unpaired) electrons. The minimum Gasteiger partial charge on any atom is -0.427 e. The monoisotopic (exact) mass is 206 g/mol. The first-order chi connectivity index (χ1) is 7.19. The highest BCUT2D eigenvalue weighted by Crippen LogP contribution is 2.18. The molecule has 1 aromatic rings. The third-order valence-corrected chi connectivity index (χ3v) is 2.36. The Morgan fingerprint density at radius 2 is 1.60 bits per heavy atom. The smallest absolute Gasteiger partial charge is 0.310 e. The van der Waals surface area contributed by atoms with E-state index >= 15 is 0 Å². The predicted octanol–water partition coefficient (Wildman–Crippen LogP) is 3.13. The summed E-state index contributed by atoms with van der Waals surface area (Å²) in [6.07, 6.45) is 2.34. The number of carbonyl (C=O) groups is 1. The van der Waals surface area contributed by atoms with E-state index in [-0.39, 0.29) is 5.97 Å². The van der Waals surface area contributed by atoms with E-state index in [1.54, 1.807) is 6.92 Å². The van der Waals surface area contributed by atoms with Gasteiger partial charge in [0.2, 0.25) is 0 Å². The van der Waals surface area contributed by atoms with Crippen LogP contribution in [0.4, 0.5) is 0 Å². The first kappa shape index (κ1) is 11.8. The van der Waals surface area contributed by atoms with Crippen molar-refractivity contribution < 1.29 is 9.53 Å². The molecular formula is C13H18O2. The van der Waals surface area contributed by atoms with Gasteiger partial charge in [-0.25, -0.2) is 0 Å². The van der Waals surface area contributed by atoms with Gasteiger partial charge in [0, 0.05) is 6.42 Å². The maximum Gasteiger partial charge on any atom is 0.310 e. The zero-order valence-corrected chi connectivity index (χ0v) is 9.67. The van der Waals surface area contributed by atoms with Crippen LogP contribution in [-0.2, 0) is 17.6 Å². The summed E-state index contributed by atoms with van der Waals surface area (Å²) in [4.78, 5) is 11.2. The fraction of sp³-hybridized carbons (Fsp3) is 0.462. The summed E-state index contributed by atoms with van der Waals surface area (Å²) in [5.41, 5.74) is 2.43. The van der Waals surface area contributed by atoms with Crippen LogP contribution >= 0.6 is 0 Å². The van der Waals surface area contributed by atoms with Gasteiger partial charge in [-0.05, 0) is 36.1 Å². The van der Waals surface area contributed by atoms with Gasteiger partial charge in [0.15, 0.2) is 0 Å². The van der Waals surface area contributed by atoms with Gasteiger partial charge in [-0.2, -0.15) is 0 Å². The molecule has 0 aromatic heterocycles. The van der Waals surface area contributed by atoms with Crippen molar-refractivity contribution in [1.82, 2.24) is 0 Å². The van der Waals surface area contributed by atoms with Gasteiger partial charge in [0.1, 0.15) is 5.75 Å². The molecule has 0 bridgehead atoms. The summed E-state index contributed by atoms with van der Waals surface area (Å²) >= 11 is 0. The number of benzene rings is 1. The molecule has 0 saturated carbocycles. The van der Waals surface area contributed by atoms with E-state index in [1.165, 1.54) is 11.1 Å². The van der Waals surface area contributed by atoms with Crippen molar-refractivity contribution in [2.45, 2.75) is 40.0 Å². The summed E-state index contributed by atoms with van der Waals surface area (Å²) in [6.45, 7) is 5.99. The van der Waals surface area contributed by atoms with Crippen molar-refractivity contribution in [3.63, 3.8) is 0 Å². The van der Waals surface area contributed by atoms with Gasteiger partial charge in [0.05, 0.1) is 0 Å². The quantitative estimate of drug-likeness (QED) is 0.559. The normalized spacial score (nSPS) is 10.1. The van der Waals surface area contributed by atoms with Crippen LogP contribution in [0.1, 0.15) is 38.3 Å². The van der Waals surface area contributed by atoms with Crippen molar-refractivity contribution in [3.05, 3.63) is 29.3 Å². The average molecular weight is 206 g/mol. The lowest BCUT2D eigenvalue weighted by atomic mass is 10.1. The van der Waals surface area contributed by atoms with Crippen molar-refractivity contribution in [1.29, 1.82) is 0 Å². The minimum absolute atomic E-state index is 0.176. The fourth-order valence-electron chi connectivity index (χ4n) is 1.40. The summed E-state index contributed by atoms with van der Waals surface area (Å²) in [6, 6.07) is 6.03. The van der Waals surface area contributed by atoms with Gasteiger partial charge < -0.3 is 4.74 Å². The largest absolute Gasteiger partial charge is 0.427 e. The molecule has 1 aromatic carbocycles. The maximum absolute atomic E-state index is 11.2. The van der Waals surface area contributed by atoms with E-state index in [4.69, 9.17) is 4.74 Å². The van der Waals surface area contributed by atoms with Crippen LogP contribution < -0.4 is 4.74 Å². The van der Waals surface area contributed by atoms with Crippen LogP contribution in [0.2, 0.25) is 0 Å². The van der Waals surface area contributed by atoms with Gasteiger partial charge in [-0.1, -0.05) is 26.8 Å². The standard InChI is InChI=1S/C13H18O2/c1-4-10-7-11(5-2)9-12(8-10)15-13(14)6-3/h7-9H,4-6H2,1-3H3. The second-order valence-electron chi connectivity index (χ2n) is 3.52. The van der Waals surface area contributed by atoms with Crippen LogP contribution in [-0.4, -0.2) is 5.97 Å². The molecule has 0 heterocycles. The molecule has 82 valence electrons. The van der Waals surface area contributed by atoms with Crippen LogP contribution in [0.15, 0.2) is 18.2 Å². The first-order valence-electron chi connectivity index (χ1n) is 5.53. The fourth-order valence-corrected chi connectivity index (χ4v) is 1.40.